The van der Waals surface area contributed by atoms with Crippen molar-refractivity contribution in [2.75, 3.05) is 23.4 Å². The van der Waals surface area contributed by atoms with E-state index in [1.807, 2.05) is 24.3 Å². The molecule has 2 heterocycles. The number of pyridine rings is 1. The summed E-state index contributed by atoms with van der Waals surface area (Å²) in [5.41, 5.74) is 2.95. The van der Waals surface area contributed by atoms with Gasteiger partial charge in [-0.25, -0.2) is 4.98 Å². The molecule has 10 heteroatoms. The van der Waals surface area contributed by atoms with Crippen LogP contribution in [0.2, 0.25) is 5.02 Å². The number of carbonyl (C=O) groups excluding carboxylic acids is 2. The van der Waals surface area contributed by atoms with E-state index in [0.29, 0.717) is 17.8 Å². The lowest BCUT2D eigenvalue weighted by Crippen LogP contribution is -2.28. The Labute approximate surface area is 191 Å². The van der Waals surface area contributed by atoms with Gasteiger partial charge >= 0.3 is 6.18 Å². The number of aromatic nitrogens is 1. The Bertz CT molecular complexity index is 1200. The van der Waals surface area contributed by atoms with Crippen molar-refractivity contribution in [3.63, 3.8) is 0 Å². The van der Waals surface area contributed by atoms with Crippen LogP contribution in [-0.2, 0) is 6.42 Å². The van der Waals surface area contributed by atoms with Crippen molar-refractivity contribution in [3.05, 3.63) is 82.5 Å². The first-order valence-electron chi connectivity index (χ1n) is 9.87. The zero-order chi connectivity index (χ0) is 23.6. The first-order valence-corrected chi connectivity index (χ1v) is 10.3. The summed E-state index contributed by atoms with van der Waals surface area (Å²) >= 11 is 5.88. The minimum atomic E-state index is -4.53. The van der Waals surface area contributed by atoms with Crippen molar-refractivity contribution < 1.29 is 27.5 Å². The van der Waals surface area contributed by atoms with E-state index >= 15 is 0 Å². The Morgan fingerprint density at radius 1 is 1.09 bits per heavy atom. The van der Waals surface area contributed by atoms with E-state index in [2.05, 4.69) is 15.0 Å². The van der Waals surface area contributed by atoms with Gasteiger partial charge in [0.1, 0.15) is 5.02 Å². The van der Waals surface area contributed by atoms with E-state index in [9.17, 15) is 22.8 Å². The number of hydrogen-bond acceptors (Lipinski definition) is 4. The molecule has 170 valence electrons. The molecule has 1 aliphatic heterocycles. The highest BCUT2D eigenvalue weighted by Gasteiger charge is 2.29. The van der Waals surface area contributed by atoms with Crippen LogP contribution < -0.4 is 15.0 Å². The molecule has 0 bridgehead atoms. The highest BCUT2D eigenvalue weighted by molar-refractivity contribution is 6.32. The van der Waals surface area contributed by atoms with Crippen molar-refractivity contribution in [3.8, 4) is 5.88 Å². The molecule has 0 radical (unpaired) electrons. The molecule has 0 unspecified atom stereocenters. The van der Waals surface area contributed by atoms with Crippen molar-refractivity contribution in [2.45, 2.75) is 12.6 Å². The number of para-hydroxylation sites is 1. The number of fused-ring (bicyclic) bond motifs is 1. The normalized spacial score (nSPS) is 12.9. The number of hydrogen-bond donors (Lipinski definition) is 1. The zero-order valence-corrected chi connectivity index (χ0v) is 17.8. The van der Waals surface area contributed by atoms with Gasteiger partial charge in [-0.1, -0.05) is 29.8 Å². The second-order valence-electron chi connectivity index (χ2n) is 7.28. The smallest absolute Gasteiger partial charge is 0.422 e. The third-order valence-electron chi connectivity index (χ3n) is 4.96. The Kier molecular flexibility index (Phi) is 6.24. The number of nitrogens with one attached hydrogen (secondary N) is 1. The van der Waals surface area contributed by atoms with Gasteiger partial charge in [-0.05, 0) is 48.4 Å². The van der Waals surface area contributed by atoms with Crippen molar-refractivity contribution in [1.29, 1.82) is 0 Å². The molecule has 1 aliphatic rings. The van der Waals surface area contributed by atoms with Crippen molar-refractivity contribution in [2.24, 2.45) is 0 Å². The van der Waals surface area contributed by atoms with Crippen LogP contribution in [-0.4, -0.2) is 36.1 Å². The zero-order valence-electron chi connectivity index (χ0n) is 17.0. The molecule has 1 N–H and O–H groups in total. The molecule has 33 heavy (non-hydrogen) atoms. The van der Waals surface area contributed by atoms with Crippen molar-refractivity contribution in [1.82, 2.24) is 4.98 Å². The Morgan fingerprint density at radius 2 is 1.82 bits per heavy atom. The van der Waals surface area contributed by atoms with E-state index in [1.54, 1.807) is 29.2 Å². The largest absolute Gasteiger partial charge is 0.467 e. The first kappa shape index (κ1) is 22.6. The fourth-order valence-corrected chi connectivity index (χ4v) is 3.63. The highest BCUT2D eigenvalue weighted by atomic mass is 35.5. The molecule has 0 aliphatic carbocycles. The standard InChI is InChI=1S/C23H17ClF3N3O3/c24-18-11-16(12-28-21(18)33-13-23(25,26)27)20(31)29-17-7-5-15(6-8-17)22(32)30-10-9-14-3-1-2-4-19(14)30/h1-8,11-12H,9-10,13H2,(H,29,31). The second-order valence-corrected chi connectivity index (χ2v) is 7.69. The number of ether oxygens (including phenoxy) is 1. The van der Waals surface area contributed by atoms with E-state index < -0.39 is 24.6 Å². The predicted molar refractivity (Wildman–Crippen MR) is 117 cm³/mol. The average Bonchev–Trinajstić information content (AvgIpc) is 3.22. The molecule has 1 aromatic heterocycles. The van der Waals surface area contributed by atoms with Crippen LogP contribution >= 0.6 is 11.6 Å². The van der Waals surface area contributed by atoms with Gasteiger partial charge in [-0.15, -0.1) is 0 Å². The van der Waals surface area contributed by atoms with Crippen molar-refractivity contribution >= 4 is 34.8 Å². The van der Waals surface area contributed by atoms with Crippen LogP contribution in [0, 0.1) is 0 Å². The Balaban J connectivity index is 1.40. The molecule has 0 fully saturated rings. The monoisotopic (exact) mass is 475 g/mol. The number of amides is 2. The van der Waals surface area contributed by atoms with Gasteiger partial charge in [-0.2, -0.15) is 13.2 Å². The number of rotatable bonds is 5. The van der Waals surface area contributed by atoms with Gasteiger partial charge in [0.05, 0.1) is 5.56 Å². The van der Waals surface area contributed by atoms with Gasteiger partial charge in [0, 0.05) is 29.7 Å². The lowest BCUT2D eigenvalue weighted by Gasteiger charge is -2.17. The van der Waals surface area contributed by atoms with E-state index in [1.165, 1.54) is 0 Å². The summed E-state index contributed by atoms with van der Waals surface area (Å²) in [5.74, 6) is -1.13. The molecule has 0 spiro atoms. The Hall–Kier alpha value is -3.59. The van der Waals surface area contributed by atoms with Crippen LogP contribution in [0.3, 0.4) is 0 Å². The quantitative estimate of drug-likeness (QED) is 0.555. The van der Waals surface area contributed by atoms with Crippen LogP contribution in [0.4, 0.5) is 24.5 Å². The average molecular weight is 476 g/mol. The van der Waals surface area contributed by atoms with Crippen LogP contribution in [0.5, 0.6) is 5.88 Å². The molecule has 6 nitrogen and oxygen atoms in total. The molecule has 0 saturated heterocycles. The van der Waals surface area contributed by atoms with Gasteiger partial charge in [-0.3, -0.25) is 9.59 Å². The highest BCUT2D eigenvalue weighted by Crippen LogP contribution is 2.29. The fraction of sp³-hybridized carbons (Fsp3) is 0.174. The minimum Gasteiger partial charge on any atom is -0.467 e. The van der Waals surface area contributed by atoms with Gasteiger partial charge < -0.3 is 15.0 Å². The molecular formula is C23H17ClF3N3O3. The third-order valence-corrected chi connectivity index (χ3v) is 5.23. The second kappa shape index (κ2) is 9.11. The first-order chi connectivity index (χ1) is 15.7. The molecular weight excluding hydrogens is 459 g/mol. The van der Waals surface area contributed by atoms with Gasteiger partial charge in [0.2, 0.25) is 5.88 Å². The maximum Gasteiger partial charge on any atom is 0.422 e. The summed E-state index contributed by atoms with van der Waals surface area (Å²) in [6.45, 7) is -0.938. The molecule has 2 aromatic carbocycles. The van der Waals surface area contributed by atoms with Crippen LogP contribution in [0.1, 0.15) is 26.3 Å². The SMILES string of the molecule is O=C(Nc1ccc(C(=O)N2CCc3ccccc32)cc1)c1cnc(OCC(F)(F)F)c(Cl)c1. The molecule has 0 atom stereocenters. The number of benzene rings is 2. The van der Waals surface area contributed by atoms with Gasteiger partial charge in [0.15, 0.2) is 6.61 Å². The topological polar surface area (TPSA) is 71.5 Å². The molecule has 3 aromatic rings. The Morgan fingerprint density at radius 3 is 2.52 bits per heavy atom. The molecule has 2 amide bonds. The summed E-state index contributed by atoms with van der Waals surface area (Å²) in [7, 11) is 0. The minimum absolute atomic E-state index is 0.0354. The number of carbonyl (C=O) groups is 2. The number of halogens is 4. The van der Waals surface area contributed by atoms with Crippen LogP contribution in [0.15, 0.2) is 60.8 Å². The molecule has 4 rings (SSSR count). The number of nitrogens with zero attached hydrogens (tertiary/aromatic N) is 2. The lowest BCUT2D eigenvalue weighted by molar-refractivity contribution is -0.154. The third kappa shape index (κ3) is 5.25. The summed E-state index contributed by atoms with van der Waals surface area (Å²) in [6.07, 6.45) is -2.67. The summed E-state index contributed by atoms with van der Waals surface area (Å²) < 4.78 is 41.3. The summed E-state index contributed by atoms with van der Waals surface area (Å²) in [4.78, 5) is 30.7. The summed E-state index contributed by atoms with van der Waals surface area (Å²) in [5, 5.41) is 2.41. The van der Waals surface area contributed by atoms with Crippen LogP contribution in [0.25, 0.3) is 0 Å². The maximum atomic E-state index is 12.9. The van der Waals surface area contributed by atoms with E-state index in [-0.39, 0.29) is 16.5 Å². The van der Waals surface area contributed by atoms with E-state index in [4.69, 9.17) is 11.6 Å². The lowest BCUT2D eigenvalue weighted by atomic mass is 10.1. The fourth-order valence-electron chi connectivity index (χ4n) is 3.41. The number of alkyl halides is 3. The molecule has 0 saturated carbocycles. The maximum absolute atomic E-state index is 12.9. The predicted octanol–water partition coefficient (Wildman–Crippen LogP) is 5.13. The van der Waals surface area contributed by atoms with Gasteiger partial charge in [0.25, 0.3) is 11.8 Å². The summed E-state index contributed by atoms with van der Waals surface area (Å²) in [6, 6.07) is 15.3. The van der Waals surface area contributed by atoms with E-state index in [0.717, 1.165) is 29.9 Å². The number of anilines is 2.